The number of fused-ring (bicyclic) bond motifs is 3. The number of nitrogens with one attached hydrogen (secondary N) is 1. The molecule has 3 aromatic heterocycles. The van der Waals surface area contributed by atoms with Crippen molar-refractivity contribution in [2.24, 2.45) is 0 Å². The van der Waals surface area contributed by atoms with E-state index in [0.29, 0.717) is 21.1 Å². The lowest BCUT2D eigenvalue weighted by atomic mass is 10.2. The molecule has 0 bridgehead atoms. The molecule has 0 aliphatic rings. The summed E-state index contributed by atoms with van der Waals surface area (Å²) in [5.41, 5.74) is 0.0155. The molecule has 3 heterocycles. The predicted molar refractivity (Wildman–Crippen MR) is 103 cm³/mol. The van der Waals surface area contributed by atoms with E-state index >= 15 is 0 Å². The lowest BCUT2D eigenvalue weighted by Gasteiger charge is -2.17. The van der Waals surface area contributed by atoms with E-state index in [4.69, 9.17) is 0 Å². The van der Waals surface area contributed by atoms with Crippen molar-refractivity contribution in [2.45, 2.75) is 19.4 Å². The van der Waals surface area contributed by atoms with Gasteiger partial charge in [0, 0.05) is 17.6 Å². The van der Waals surface area contributed by atoms with Crippen LogP contribution in [0.5, 0.6) is 0 Å². The van der Waals surface area contributed by atoms with Gasteiger partial charge in [0.25, 0.3) is 5.56 Å². The largest absolute Gasteiger partial charge is 0.322 e. The third kappa shape index (κ3) is 3.03. The summed E-state index contributed by atoms with van der Waals surface area (Å²) >= 11 is 1.21. The van der Waals surface area contributed by atoms with Crippen molar-refractivity contribution in [3.63, 3.8) is 0 Å². The summed E-state index contributed by atoms with van der Waals surface area (Å²) in [6, 6.07) is 5.56. The van der Waals surface area contributed by atoms with Crippen LogP contribution < -0.4 is 10.9 Å². The number of carbonyl (C=O) groups excluding carboxylic acids is 1. The minimum absolute atomic E-state index is 0.155. The first-order valence-electron chi connectivity index (χ1n) is 8.50. The molecular formula is C19H14F2N4O2S. The van der Waals surface area contributed by atoms with Crippen LogP contribution in [0, 0.1) is 11.6 Å². The Bertz CT molecular complexity index is 1270. The van der Waals surface area contributed by atoms with Gasteiger partial charge in [-0.1, -0.05) is 6.92 Å². The zero-order valence-corrected chi connectivity index (χ0v) is 15.5. The number of aromatic nitrogens is 3. The van der Waals surface area contributed by atoms with Crippen molar-refractivity contribution >= 4 is 43.4 Å². The molecule has 0 aliphatic heterocycles. The Balaban J connectivity index is 1.74. The van der Waals surface area contributed by atoms with Gasteiger partial charge in [-0.05, 0) is 30.7 Å². The summed E-state index contributed by atoms with van der Waals surface area (Å²) in [5, 5.41) is 3.19. The number of hydrogen-bond donors (Lipinski definition) is 1. The van der Waals surface area contributed by atoms with Crippen molar-refractivity contribution in [1.82, 2.24) is 14.5 Å². The zero-order chi connectivity index (χ0) is 19.8. The average molecular weight is 400 g/mol. The molecule has 0 saturated heterocycles. The van der Waals surface area contributed by atoms with E-state index in [-0.39, 0.29) is 17.7 Å². The van der Waals surface area contributed by atoms with Gasteiger partial charge in [0.2, 0.25) is 5.91 Å². The van der Waals surface area contributed by atoms with E-state index in [2.05, 4.69) is 15.3 Å². The fraction of sp³-hybridized carbons (Fsp3) is 0.158. The molecule has 0 aliphatic carbocycles. The highest BCUT2D eigenvalue weighted by Gasteiger charge is 2.23. The summed E-state index contributed by atoms with van der Waals surface area (Å²) in [7, 11) is 0. The minimum atomic E-state index is -0.896. The number of carbonyl (C=O) groups is 1. The van der Waals surface area contributed by atoms with Crippen LogP contribution in [0.2, 0.25) is 0 Å². The first kappa shape index (κ1) is 18.2. The van der Waals surface area contributed by atoms with Crippen LogP contribution in [0.25, 0.3) is 20.4 Å². The van der Waals surface area contributed by atoms with E-state index in [1.807, 2.05) is 6.07 Å². The molecule has 28 heavy (non-hydrogen) atoms. The van der Waals surface area contributed by atoms with Crippen LogP contribution in [0.15, 0.2) is 47.7 Å². The Morgan fingerprint density at radius 3 is 2.86 bits per heavy atom. The average Bonchev–Trinajstić information content (AvgIpc) is 3.06. The first-order chi connectivity index (χ1) is 13.5. The lowest BCUT2D eigenvalue weighted by molar-refractivity contribution is -0.119. The second-order valence-electron chi connectivity index (χ2n) is 6.13. The van der Waals surface area contributed by atoms with Gasteiger partial charge in [-0.25, -0.2) is 18.7 Å². The molecule has 1 amide bonds. The number of benzene rings is 1. The summed E-state index contributed by atoms with van der Waals surface area (Å²) in [5.74, 6) is -2.22. The van der Waals surface area contributed by atoms with Gasteiger partial charge in [-0.15, -0.1) is 11.3 Å². The lowest BCUT2D eigenvalue weighted by Crippen LogP contribution is -2.33. The molecule has 0 fully saturated rings. The molecule has 1 aromatic carbocycles. The number of pyridine rings is 1. The minimum Gasteiger partial charge on any atom is -0.322 e. The first-order valence-corrected chi connectivity index (χ1v) is 9.31. The van der Waals surface area contributed by atoms with Gasteiger partial charge in [0.05, 0.1) is 17.5 Å². The normalized spacial score (nSPS) is 12.4. The van der Waals surface area contributed by atoms with Crippen molar-refractivity contribution in [1.29, 1.82) is 0 Å². The maximum absolute atomic E-state index is 13.8. The van der Waals surface area contributed by atoms with Gasteiger partial charge in [0.15, 0.2) is 0 Å². The Kier molecular flexibility index (Phi) is 4.60. The maximum atomic E-state index is 13.8. The molecule has 6 nitrogen and oxygen atoms in total. The molecule has 4 rings (SSSR count). The fourth-order valence-corrected chi connectivity index (χ4v) is 4.05. The second kappa shape index (κ2) is 7.08. The van der Waals surface area contributed by atoms with Crippen molar-refractivity contribution in [3.8, 4) is 0 Å². The van der Waals surface area contributed by atoms with E-state index in [9.17, 15) is 18.4 Å². The summed E-state index contributed by atoms with van der Waals surface area (Å²) in [6.07, 6.45) is 3.24. The van der Waals surface area contributed by atoms with Gasteiger partial charge in [0.1, 0.15) is 27.2 Å². The van der Waals surface area contributed by atoms with Crippen LogP contribution in [0.1, 0.15) is 19.4 Å². The standard InChI is InChI=1S/C19H14F2N4O2S/c1-2-14(17(26)24-13-6-5-10(20)8-12(13)21)25-9-23-15-11-4-3-7-22-18(11)28-16(15)19(25)27/h3-9,14H,2H2,1H3,(H,24,26)/t14-/m1/s1. The highest BCUT2D eigenvalue weighted by Crippen LogP contribution is 2.28. The summed E-state index contributed by atoms with van der Waals surface area (Å²) in [4.78, 5) is 34.9. The number of thiophene rings is 1. The van der Waals surface area contributed by atoms with E-state index < -0.39 is 23.6 Å². The molecule has 0 radical (unpaired) electrons. The third-order valence-corrected chi connectivity index (χ3v) is 5.48. The molecule has 0 unspecified atom stereocenters. The summed E-state index contributed by atoms with van der Waals surface area (Å²) < 4.78 is 28.5. The van der Waals surface area contributed by atoms with Crippen molar-refractivity contribution in [3.05, 3.63) is 64.8 Å². The fourth-order valence-electron chi connectivity index (χ4n) is 3.02. The SMILES string of the molecule is CC[C@H](C(=O)Nc1ccc(F)cc1F)n1cnc2c(sc3ncccc32)c1=O. The zero-order valence-electron chi connectivity index (χ0n) is 14.6. The van der Waals surface area contributed by atoms with E-state index in [1.54, 1.807) is 19.2 Å². The van der Waals surface area contributed by atoms with Gasteiger partial charge in [-0.3, -0.25) is 14.2 Å². The van der Waals surface area contributed by atoms with Crippen LogP contribution in [-0.2, 0) is 4.79 Å². The molecule has 0 spiro atoms. The molecule has 142 valence electrons. The van der Waals surface area contributed by atoms with Crippen molar-refractivity contribution < 1.29 is 13.6 Å². The van der Waals surface area contributed by atoms with Crippen LogP contribution in [0.4, 0.5) is 14.5 Å². The topological polar surface area (TPSA) is 76.9 Å². The van der Waals surface area contributed by atoms with Crippen LogP contribution >= 0.6 is 11.3 Å². The Labute approximate surface area is 161 Å². The highest BCUT2D eigenvalue weighted by molar-refractivity contribution is 7.25. The Hall–Kier alpha value is -3.20. The van der Waals surface area contributed by atoms with E-state index in [0.717, 1.165) is 17.5 Å². The predicted octanol–water partition coefficient (Wildman–Crippen LogP) is 3.87. The Morgan fingerprint density at radius 1 is 1.29 bits per heavy atom. The highest BCUT2D eigenvalue weighted by atomic mass is 32.1. The molecule has 1 N–H and O–H groups in total. The number of anilines is 1. The number of nitrogens with zero attached hydrogens (tertiary/aromatic N) is 3. The van der Waals surface area contributed by atoms with Crippen LogP contribution in [0.3, 0.4) is 0 Å². The smallest absolute Gasteiger partial charge is 0.272 e. The summed E-state index contributed by atoms with van der Waals surface area (Å²) in [6.45, 7) is 1.73. The van der Waals surface area contributed by atoms with Gasteiger partial charge >= 0.3 is 0 Å². The number of amides is 1. The Morgan fingerprint density at radius 2 is 2.11 bits per heavy atom. The monoisotopic (exact) mass is 400 g/mol. The molecule has 9 heteroatoms. The number of halogens is 2. The molecular weight excluding hydrogens is 386 g/mol. The molecule has 4 aromatic rings. The van der Waals surface area contributed by atoms with E-state index in [1.165, 1.54) is 22.2 Å². The van der Waals surface area contributed by atoms with Crippen LogP contribution in [-0.4, -0.2) is 20.4 Å². The maximum Gasteiger partial charge on any atom is 0.272 e. The quantitative estimate of drug-likeness (QED) is 0.564. The van der Waals surface area contributed by atoms with Gasteiger partial charge in [-0.2, -0.15) is 0 Å². The van der Waals surface area contributed by atoms with Crippen molar-refractivity contribution in [2.75, 3.05) is 5.32 Å². The molecule has 1 atom stereocenters. The molecule has 0 saturated carbocycles. The van der Waals surface area contributed by atoms with Gasteiger partial charge < -0.3 is 5.32 Å². The third-order valence-electron chi connectivity index (χ3n) is 4.39. The number of rotatable bonds is 4. The number of hydrogen-bond acceptors (Lipinski definition) is 5. The second-order valence-corrected chi connectivity index (χ2v) is 7.13.